The van der Waals surface area contributed by atoms with E-state index in [0.29, 0.717) is 35.8 Å². The number of β-amino-alcohol motifs (C(OH)–C–C–N with tert-alkyl or cyclic N) is 1. The number of carbonyl (C=O) groups excluding carboxylic acids is 1. The van der Waals surface area contributed by atoms with Gasteiger partial charge >= 0.3 is 6.18 Å². The van der Waals surface area contributed by atoms with Gasteiger partial charge in [0.15, 0.2) is 0 Å². The van der Waals surface area contributed by atoms with E-state index in [9.17, 15) is 28.2 Å². The molecule has 7 nitrogen and oxygen atoms in total. The molecule has 1 aliphatic rings. The van der Waals surface area contributed by atoms with Gasteiger partial charge in [0.25, 0.3) is 5.91 Å². The van der Waals surface area contributed by atoms with Crippen molar-refractivity contribution in [2.24, 2.45) is 0 Å². The van der Waals surface area contributed by atoms with Crippen LogP contribution >= 0.6 is 0 Å². The zero-order valence-electron chi connectivity index (χ0n) is 16.1. The van der Waals surface area contributed by atoms with E-state index in [4.69, 9.17) is 4.74 Å². The number of hydrogen-bond acceptors (Lipinski definition) is 6. The van der Waals surface area contributed by atoms with Crippen LogP contribution in [0.3, 0.4) is 0 Å². The Morgan fingerprint density at radius 2 is 1.90 bits per heavy atom. The highest BCUT2D eigenvalue weighted by Gasteiger charge is 2.31. The van der Waals surface area contributed by atoms with Crippen molar-refractivity contribution in [1.82, 2.24) is 14.9 Å². The predicted octanol–water partition coefficient (Wildman–Crippen LogP) is 3.01. The van der Waals surface area contributed by atoms with E-state index >= 15 is 0 Å². The predicted molar refractivity (Wildman–Crippen MR) is 104 cm³/mol. The first-order chi connectivity index (χ1) is 14.7. The third kappa shape index (κ3) is 4.59. The third-order valence-corrected chi connectivity index (χ3v) is 5.00. The molecule has 1 amide bonds. The van der Waals surface area contributed by atoms with E-state index in [1.165, 1.54) is 4.90 Å². The molecule has 2 atom stereocenters. The van der Waals surface area contributed by atoms with Crippen LogP contribution in [0.1, 0.15) is 22.5 Å². The fourth-order valence-electron chi connectivity index (χ4n) is 3.28. The normalized spacial score (nSPS) is 19.5. The zero-order chi connectivity index (χ0) is 22.2. The molecule has 0 unspecified atom stereocenters. The molecular weight excluding hydrogens is 415 g/mol. The van der Waals surface area contributed by atoms with Crippen LogP contribution in [0.2, 0.25) is 0 Å². The molecule has 162 valence electrons. The van der Waals surface area contributed by atoms with E-state index in [1.807, 2.05) is 0 Å². The molecule has 10 heteroatoms. The largest absolute Gasteiger partial charge is 0.439 e. The lowest BCUT2D eigenvalue weighted by Gasteiger charge is -2.33. The smallest absolute Gasteiger partial charge is 0.417 e. The first kappa shape index (κ1) is 21.0. The van der Waals surface area contributed by atoms with Crippen molar-refractivity contribution in [3.05, 3.63) is 59.9 Å². The third-order valence-electron chi connectivity index (χ3n) is 5.00. The quantitative estimate of drug-likeness (QED) is 0.659. The van der Waals surface area contributed by atoms with Crippen LogP contribution in [0.25, 0.3) is 10.9 Å². The number of amides is 1. The van der Waals surface area contributed by atoms with Gasteiger partial charge in [-0.2, -0.15) is 13.2 Å². The van der Waals surface area contributed by atoms with Gasteiger partial charge in [-0.25, -0.2) is 9.97 Å². The van der Waals surface area contributed by atoms with Crippen LogP contribution in [-0.4, -0.2) is 56.3 Å². The molecule has 0 aliphatic carbocycles. The molecule has 1 fully saturated rings. The minimum absolute atomic E-state index is 0.0120. The Kier molecular flexibility index (Phi) is 5.50. The lowest BCUT2D eigenvalue weighted by Crippen LogP contribution is -2.49. The van der Waals surface area contributed by atoms with E-state index in [0.717, 1.165) is 12.1 Å². The van der Waals surface area contributed by atoms with Crippen molar-refractivity contribution in [3.8, 4) is 11.6 Å². The average molecular weight is 433 g/mol. The lowest BCUT2D eigenvalue weighted by molar-refractivity contribution is -0.137. The highest BCUT2D eigenvalue weighted by atomic mass is 19.4. The molecule has 0 bridgehead atoms. The molecule has 31 heavy (non-hydrogen) atoms. The van der Waals surface area contributed by atoms with Crippen LogP contribution in [0.4, 0.5) is 13.2 Å². The number of rotatable bonds is 3. The zero-order valence-corrected chi connectivity index (χ0v) is 16.1. The van der Waals surface area contributed by atoms with Gasteiger partial charge in [0.1, 0.15) is 11.4 Å². The summed E-state index contributed by atoms with van der Waals surface area (Å²) in [6.07, 6.45) is -5.31. The van der Waals surface area contributed by atoms with Crippen molar-refractivity contribution in [3.63, 3.8) is 0 Å². The highest BCUT2D eigenvalue weighted by molar-refractivity contribution is 5.95. The number of piperidine rings is 1. The summed E-state index contributed by atoms with van der Waals surface area (Å²) in [6.45, 7) is 0.357. The topological polar surface area (TPSA) is 95.8 Å². The van der Waals surface area contributed by atoms with Gasteiger partial charge in [-0.1, -0.05) is 6.07 Å². The second kappa shape index (κ2) is 8.12. The number of benzene rings is 1. The number of hydrogen-bond donors (Lipinski definition) is 2. The van der Waals surface area contributed by atoms with E-state index < -0.39 is 23.9 Å². The fraction of sp³-hybridized carbons (Fsp3) is 0.286. The summed E-state index contributed by atoms with van der Waals surface area (Å²) >= 11 is 0. The minimum Gasteiger partial charge on any atom is -0.439 e. The van der Waals surface area contributed by atoms with Crippen LogP contribution in [0.5, 0.6) is 11.6 Å². The number of nitrogens with zero attached hydrogens (tertiary/aromatic N) is 3. The Morgan fingerprint density at radius 1 is 1.10 bits per heavy atom. The SMILES string of the molecule is O=C(c1ccc2cc(Oc3ccc(C(F)(F)F)cn3)ccc2n1)N1CC[C@H](O)[C@H](O)C1. The average Bonchev–Trinajstić information content (AvgIpc) is 2.74. The number of carbonyl (C=O) groups is 1. The van der Waals surface area contributed by atoms with Crippen molar-refractivity contribution in [2.75, 3.05) is 13.1 Å². The number of aromatic nitrogens is 2. The van der Waals surface area contributed by atoms with Crippen molar-refractivity contribution >= 4 is 16.8 Å². The van der Waals surface area contributed by atoms with Crippen molar-refractivity contribution < 1.29 is 32.9 Å². The highest BCUT2D eigenvalue weighted by Crippen LogP contribution is 2.30. The number of ether oxygens (including phenoxy) is 1. The molecule has 0 spiro atoms. The first-order valence-corrected chi connectivity index (χ1v) is 9.48. The van der Waals surface area contributed by atoms with E-state index in [2.05, 4.69) is 9.97 Å². The van der Waals surface area contributed by atoms with Gasteiger partial charge in [-0.05, 0) is 36.8 Å². The summed E-state index contributed by atoms with van der Waals surface area (Å²) in [4.78, 5) is 22.1. The molecule has 1 saturated heterocycles. The summed E-state index contributed by atoms with van der Waals surface area (Å²) in [7, 11) is 0. The van der Waals surface area contributed by atoms with Crippen LogP contribution in [0, 0.1) is 0 Å². The molecule has 0 radical (unpaired) electrons. The van der Waals surface area contributed by atoms with Crippen LogP contribution in [0.15, 0.2) is 48.7 Å². The molecule has 3 aromatic rings. The van der Waals surface area contributed by atoms with Gasteiger partial charge in [0, 0.05) is 30.7 Å². The standard InChI is InChI=1S/C21H18F3N3O4/c22-21(23,24)13-2-6-19(25-10-13)31-14-3-5-15-12(9-14)1-4-16(26-15)20(30)27-8-7-17(28)18(29)11-27/h1-6,9-10,17-18,28-29H,7-8,11H2/t17-,18+/m0/s1. The van der Waals surface area contributed by atoms with Crippen molar-refractivity contribution in [1.29, 1.82) is 0 Å². The van der Waals surface area contributed by atoms with Gasteiger partial charge in [-0.3, -0.25) is 4.79 Å². The Labute approximate surface area is 174 Å². The van der Waals surface area contributed by atoms with Gasteiger partial charge in [0.2, 0.25) is 5.88 Å². The number of aliphatic hydroxyl groups excluding tert-OH is 2. The van der Waals surface area contributed by atoms with Crippen LogP contribution in [-0.2, 0) is 6.18 Å². The molecular formula is C21H18F3N3O4. The van der Waals surface area contributed by atoms with Gasteiger partial charge < -0.3 is 19.8 Å². The maximum Gasteiger partial charge on any atom is 0.417 e. The number of aliphatic hydroxyl groups is 2. The summed E-state index contributed by atoms with van der Waals surface area (Å²) in [5.41, 5.74) is -0.138. The maximum absolute atomic E-state index is 12.7. The number of likely N-dealkylation sites (tertiary alicyclic amines) is 1. The first-order valence-electron chi connectivity index (χ1n) is 9.48. The Balaban J connectivity index is 1.50. The molecule has 0 saturated carbocycles. The number of pyridine rings is 2. The molecule has 2 aromatic heterocycles. The summed E-state index contributed by atoms with van der Waals surface area (Å²) in [6, 6.07) is 10.1. The summed E-state index contributed by atoms with van der Waals surface area (Å²) in [5, 5.41) is 20.0. The van der Waals surface area contributed by atoms with E-state index in [1.54, 1.807) is 30.3 Å². The van der Waals surface area contributed by atoms with Crippen molar-refractivity contribution in [2.45, 2.75) is 24.8 Å². The monoisotopic (exact) mass is 433 g/mol. The number of halogens is 3. The fourth-order valence-corrected chi connectivity index (χ4v) is 3.28. The summed E-state index contributed by atoms with van der Waals surface area (Å²) < 4.78 is 43.4. The number of alkyl halides is 3. The second-order valence-corrected chi connectivity index (χ2v) is 7.21. The molecule has 2 N–H and O–H groups in total. The molecule has 3 heterocycles. The Morgan fingerprint density at radius 3 is 2.58 bits per heavy atom. The Bertz CT molecular complexity index is 1110. The minimum atomic E-state index is -4.47. The molecule has 1 aliphatic heterocycles. The van der Waals surface area contributed by atoms with E-state index in [-0.39, 0.29) is 24.0 Å². The van der Waals surface area contributed by atoms with Crippen LogP contribution < -0.4 is 4.74 Å². The van der Waals surface area contributed by atoms with Gasteiger partial charge in [0.05, 0.1) is 23.3 Å². The number of fused-ring (bicyclic) bond motifs is 1. The Hall–Kier alpha value is -3.24. The molecule has 1 aromatic carbocycles. The molecule has 4 rings (SSSR count). The maximum atomic E-state index is 12.7. The second-order valence-electron chi connectivity index (χ2n) is 7.21. The van der Waals surface area contributed by atoms with Gasteiger partial charge in [-0.15, -0.1) is 0 Å². The summed E-state index contributed by atoms with van der Waals surface area (Å²) in [5.74, 6) is 0.0221. The lowest BCUT2D eigenvalue weighted by atomic mass is 10.0.